The van der Waals surface area contributed by atoms with Crippen molar-refractivity contribution in [2.45, 2.75) is 45.2 Å². The van der Waals surface area contributed by atoms with Gasteiger partial charge in [-0.2, -0.15) is 0 Å². The predicted octanol–water partition coefficient (Wildman–Crippen LogP) is 0.352. The van der Waals surface area contributed by atoms with E-state index in [9.17, 15) is 4.79 Å². The van der Waals surface area contributed by atoms with Gasteiger partial charge in [-0.25, -0.2) is 0 Å². The van der Waals surface area contributed by atoms with Gasteiger partial charge in [0.1, 0.15) is 0 Å². The van der Waals surface area contributed by atoms with Crippen LogP contribution in [0.3, 0.4) is 0 Å². The number of hydrogen-bond acceptors (Lipinski definition) is 4. The van der Waals surface area contributed by atoms with Crippen molar-refractivity contribution in [1.29, 1.82) is 0 Å². The summed E-state index contributed by atoms with van der Waals surface area (Å²) in [6, 6.07) is 0.831. The van der Waals surface area contributed by atoms with E-state index in [-0.39, 0.29) is 6.04 Å². The zero-order valence-corrected chi connectivity index (χ0v) is 13.1. The van der Waals surface area contributed by atoms with E-state index in [1.807, 2.05) is 4.90 Å². The maximum Gasteiger partial charge on any atom is 0.224 e. The van der Waals surface area contributed by atoms with Gasteiger partial charge in [0.25, 0.3) is 0 Å². The summed E-state index contributed by atoms with van der Waals surface area (Å²) in [4.78, 5) is 19.2. The van der Waals surface area contributed by atoms with E-state index < -0.39 is 0 Å². The van der Waals surface area contributed by atoms with Gasteiger partial charge < -0.3 is 10.6 Å². The van der Waals surface area contributed by atoms with Crippen LogP contribution in [0.15, 0.2) is 0 Å². The maximum atomic E-state index is 12.3. The van der Waals surface area contributed by atoms with E-state index in [2.05, 4.69) is 23.6 Å². The highest BCUT2D eigenvalue weighted by Gasteiger charge is 2.27. The summed E-state index contributed by atoms with van der Waals surface area (Å²) in [6.07, 6.45) is 2.91. The quantitative estimate of drug-likeness (QED) is 0.791. The lowest BCUT2D eigenvalue weighted by Gasteiger charge is -2.40. The van der Waals surface area contributed by atoms with Crippen molar-refractivity contribution in [2.75, 3.05) is 45.8 Å². The molecule has 2 aliphatic heterocycles. The Morgan fingerprint density at radius 3 is 2.05 bits per heavy atom. The minimum Gasteiger partial charge on any atom is -0.343 e. The van der Waals surface area contributed by atoms with E-state index in [1.165, 1.54) is 0 Å². The van der Waals surface area contributed by atoms with Crippen LogP contribution in [0.2, 0.25) is 0 Å². The Labute approximate surface area is 123 Å². The number of nitrogens with two attached hydrogens (primary N) is 1. The molecule has 0 aromatic heterocycles. The molecule has 0 radical (unpaired) electrons. The molecular weight excluding hydrogens is 252 g/mol. The molecule has 1 amide bonds. The molecule has 0 aromatic rings. The molecular formula is C15H30N4O. The first kappa shape index (κ1) is 15.7. The van der Waals surface area contributed by atoms with Crippen molar-refractivity contribution in [1.82, 2.24) is 14.7 Å². The largest absolute Gasteiger partial charge is 0.343 e. The number of amides is 1. The first-order valence-corrected chi connectivity index (χ1v) is 8.07. The third-order valence-electron chi connectivity index (χ3n) is 4.74. The van der Waals surface area contributed by atoms with E-state index in [0.717, 1.165) is 52.1 Å². The van der Waals surface area contributed by atoms with Crippen molar-refractivity contribution >= 4 is 5.91 Å². The number of likely N-dealkylation sites (tertiary alicyclic amines) is 1. The SMILES string of the molecule is CC(C)N1CCN(C(CN)CC(=O)N2CCCC2)CC1. The van der Waals surface area contributed by atoms with E-state index in [1.54, 1.807) is 0 Å². The van der Waals surface area contributed by atoms with Crippen LogP contribution in [0.1, 0.15) is 33.1 Å². The lowest BCUT2D eigenvalue weighted by molar-refractivity contribution is -0.131. The molecule has 2 rings (SSSR count). The zero-order valence-electron chi connectivity index (χ0n) is 13.1. The third-order valence-corrected chi connectivity index (χ3v) is 4.74. The lowest BCUT2D eigenvalue weighted by Crippen LogP contribution is -2.54. The molecule has 0 bridgehead atoms. The lowest BCUT2D eigenvalue weighted by atomic mass is 10.1. The molecule has 1 unspecified atom stereocenters. The maximum absolute atomic E-state index is 12.3. The summed E-state index contributed by atoms with van der Waals surface area (Å²) in [5.74, 6) is 0.296. The van der Waals surface area contributed by atoms with Gasteiger partial charge in [0.2, 0.25) is 5.91 Å². The van der Waals surface area contributed by atoms with Crippen LogP contribution < -0.4 is 5.73 Å². The molecule has 2 fully saturated rings. The molecule has 5 nitrogen and oxygen atoms in total. The molecule has 2 N–H and O–H groups in total. The van der Waals surface area contributed by atoms with Gasteiger partial charge >= 0.3 is 0 Å². The highest BCUT2D eigenvalue weighted by atomic mass is 16.2. The van der Waals surface area contributed by atoms with Crippen molar-refractivity contribution in [3.05, 3.63) is 0 Å². The average Bonchev–Trinajstić information content (AvgIpc) is 2.99. The molecule has 0 saturated carbocycles. The smallest absolute Gasteiger partial charge is 0.224 e. The van der Waals surface area contributed by atoms with Crippen LogP contribution in [0.5, 0.6) is 0 Å². The molecule has 0 aromatic carbocycles. The fourth-order valence-corrected chi connectivity index (χ4v) is 3.28. The van der Waals surface area contributed by atoms with Crippen molar-refractivity contribution in [3.8, 4) is 0 Å². The van der Waals surface area contributed by atoms with Crippen molar-refractivity contribution in [3.63, 3.8) is 0 Å². The topological polar surface area (TPSA) is 52.8 Å². The van der Waals surface area contributed by atoms with E-state index in [0.29, 0.717) is 24.9 Å². The summed E-state index contributed by atoms with van der Waals surface area (Å²) >= 11 is 0. The zero-order chi connectivity index (χ0) is 14.5. The normalized spacial score (nSPS) is 23.5. The molecule has 116 valence electrons. The molecule has 20 heavy (non-hydrogen) atoms. The Hall–Kier alpha value is -0.650. The molecule has 0 aliphatic carbocycles. The van der Waals surface area contributed by atoms with Gasteiger partial charge in [0.05, 0.1) is 0 Å². The summed E-state index contributed by atoms with van der Waals surface area (Å²) in [7, 11) is 0. The van der Waals surface area contributed by atoms with Gasteiger partial charge in [-0.3, -0.25) is 14.6 Å². The highest BCUT2D eigenvalue weighted by molar-refractivity contribution is 5.77. The van der Waals surface area contributed by atoms with Crippen molar-refractivity contribution < 1.29 is 4.79 Å². The molecule has 1 atom stereocenters. The minimum absolute atomic E-state index is 0.220. The molecule has 2 heterocycles. The van der Waals surface area contributed by atoms with Crippen LogP contribution in [0, 0.1) is 0 Å². The first-order chi connectivity index (χ1) is 9.61. The summed E-state index contributed by atoms with van der Waals surface area (Å²) < 4.78 is 0. The Kier molecular flexibility index (Phi) is 5.81. The average molecular weight is 282 g/mol. The molecule has 0 spiro atoms. The monoisotopic (exact) mass is 282 g/mol. The van der Waals surface area contributed by atoms with Gasteiger partial charge in [-0.05, 0) is 26.7 Å². The summed E-state index contributed by atoms with van der Waals surface area (Å²) in [5.41, 5.74) is 5.92. The number of rotatable bonds is 5. The van der Waals surface area contributed by atoms with Gasteiger partial charge in [0.15, 0.2) is 0 Å². The third kappa shape index (κ3) is 3.93. The first-order valence-electron chi connectivity index (χ1n) is 8.07. The Balaban J connectivity index is 1.81. The molecule has 2 saturated heterocycles. The number of carbonyl (C=O) groups is 1. The fourth-order valence-electron chi connectivity index (χ4n) is 3.28. The van der Waals surface area contributed by atoms with Crippen LogP contribution in [0.4, 0.5) is 0 Å². The summed E-state index contributed by atoms with van der Waals surface area (Å²) in [6.45, 7) is 11.2. The Morgan fingerprint density at radius 2 is 1.55 bits per heavy atom. The van der Waals surface area contributed by atoms with Crippen LogP contribution in [0.25, 0.3) is 0 Å². The molecule has 2 aliphatic rings. The van der Waals surface area contributed by atoms with E-state index >= 15 is 0 Å². The Bertz CT molecular complexity index is 307. The fraction of sp³-hybridized carbons (Fsp3) is 0.933. The number of carbonyl (C=O) groups excluding carboxylic acids is 1. The Morgan fingerprint density at radius 1 is 1.00 bits per heavy atom. The van der Waals surface area contributed by atoms with Crippen LogP contribution >= 0.6 is 0 Å². The van der Waals surface area contributed by atoms with Gasteiger partial charge in [0, 0.05) is 64.3 Å². The van der Waals surface area contributed by atoms with Crippen LogP contribution in [-0.2, 0) is 4.79 Å². The molecule has 5 heteroatoms. The standard InChI is InChI=1S/C15H30N4O/c1-13(2)17-7-9-18(10-8-17)14(12-16)11-15(20)19-5-3-4-6-19/h13-14H,3-12,16H2,1-2H3. The predicted molar refractivity (Wildman–Crippen MR) is 81.6 cm³/mol. The number of hydrogen-bond donors (Lipinski definition) is 1. The second-order valence-corrected chi connectivity index (χ2v) is 6.35. The second kappa shape index (κ2) is 7.38. The van der Waals surface area contributed by atoms with Gasteiger partial charge in [-0.15, -0.1) is 0 Å². The number of piperazine rings is 1. The van der Waals surface area contributed by atoms with Gasteiger partial charge in [-0.1, -0.05) is 0 Å². The van der Waals surface area contributed by atoms with Crippen LogP contribution in [-0.4, -0.2) is 78.5 Å². The summed E-state index contributed by atoms with van der Waals surface area (Å²) in [5, 5.41) is 0. The second-order valence-electron chi connectivity index (χ2n) is 6.35. The highest BCUT2D eigenvalue weighted by Crippen LogP contribution is 2.14. The van der Waals surface area contributed by atoms with Crippen molar-refractivity contribution in [2.24, 2.45) is 5.73 Å². The van der Waals surface area contributed by atoms with E-state index in [4.69, 9.17) is 5.73 Å². The minimum atomic E-state index is 0.220. The number of nitrogens with zero attached hydrogens (tertiary/aromatic N) is 3.